The van der Waals surface area contributed by atoms with Gasteiger partial charge in [0.05, 0.1) is 5.39 Å². The molecule has 0 saturated carbocycles. The van der Waals surface area contributed by atoms with Crippen molar-refractivity contribution in [2.24, 2.45) is 0 Å². The maximum atomic E-state index is 12.8. The average Bonchev–Trinajstić information content (AvgIpc) is 2.82. The fourth-order valence-corrected chi connectivity index (χ4v) is 4.92. The molecule has 0 fully saturated rings. The summed E-state index contributed by atoms with van der Waals surface area (Å²) in [7, 11) is 0. The largest absolute Gasteiger partial charge is 0.612 e. The number of rotatable bonds is 3. The number of halogens is 1. The van der Waals surface area contributed by atoms with E-state index in [9.17, 15) is 9.11 Å². The summed E-state index contributed by atoms with van der Waals surface area (Å²) < 4.78 is 27.0. The van der Waals surface area contributed by atoms with E-state index in [0.717, 1.165) is 20.7 Å². The molecule has 108 valence electrons. The standard InChI is InChI=1S/C15H12BrNO2S2/c1-20(18)14-9-5-8-13-12(14)10-15(16)17(13)21(19)11-6-3-2-4-7-11/h2-10H,1H3. The molecule has 21 heavy (non-hydrogen) atoms. The first-order valence-corrected chi connectivity index (χ1v) is 9.66. The van der Waals surface area contributed by atoms with Gasteiger partial charge in [0.25, 0.3) is 0 Å². The van der Waals surface area contributed by atoms with Crippen molar-refractivity contribution in [3.05, 3.63) is 59.2 Å². The molecule has 0 aliphatic heterocycles. The lowest BCUT2D eigenvalue weighted by atomic mass is 10.2. The third kappa shape index (κ3) is 2.74. The number of aromatic nitrogens is 1. The van der Waals surface area contributed by atoms with Gasteiger partial charge in [0.1, 0.15) is 27.7 Å². The van der Waals surface area contributed by atoms with Gasteiger partial charge in [0, 0.05) is 0 Å². The second kappa shape index (κ2) is 6.06. The Balaban J connectivity index is 2.20. The molecule has 3 nitrogen and oxygen atoms in total. The summed E-state index contributed by atoms with van der Waals surface area (Å²) in [5.41, 5.74) is 0.803. The fourth-order valence-electron chi connectivity index (χ4n) is 2.21. The zero-order valence-corrected chi connectivity index (χ0v) is 14.4. The van der Waals surface area contributed by atoms with Gasteiger partial charge in [-0.3, -0.25) is 0 Å². The van der Waals surface area contributed by atoms with E-state index in [1.807, 2.05) is 54.6 Å². The Labute approximate surface area is 137 Å². The van der Waals surface area contributed by atoms with Crippen molar-refractivity contribution < 1.29 is 9.11 Å². The molecule has 0 aliphatic carbocycles. The normalized spacial score (nSPS) is 14.3. The topological polar surface area (TPSA) is 51.0 Å². The van der Waals surface area contributed by atoms with Crippen LogP contribution in [0.1, 0.15) is 0 Å². The number of benzene rings is 2. The Hall–Kier alpha value is -0.920. The summed E-state index contributed by atoms with van der Waals surface area (Å²) in [6, 6.07) is 16.7. The molecular formula is C15H12BrNO2S2. The number of fused-ring (bicyclic) bond motifs is 1. The van der Waals surface area contributed by atoms with E-state index in [4.69, 9.17) is 0 Å². The van der Waals surface area contributed by atoms with Crippen LogP contribution in [-0.2, 0) is 22.5 Å². The summed E-state index contributed by atoms with van der Waals surface area (Å²) >= 11 is 1.02. The highest BCUT2D eigenvalue weighted by molar-refractivity contribution is 9.10. The van der Waals surface area contributed by atoms with Crippen molar-refractivity contribution in [1.29, 1.82) is 0 Å². The Kier molecular flexibility index (Phi) is 4.33. The molecule has 2 aromatic carbocycles. The molecule has 0 aliphatic rings. The van der Waals surface area contributed by atoms with Gasteiger partial charge in [0.2, 0.25) is 0 Å². The highest BCUT2D eigenvalue weighted by Crippen LogP contribution is 2.32. The number of hydrogen-bond acceptors (Lipinski definition) is 2. The third-order valence-electron chi connectivity index (χ3n) is 3.14. The van der Waals surface area contributed by atoms with Crippen molar-refractivity contribution in [2.75, 3.05) is 6.26 Å². The van der Waals surface area contributed by atoms with E-state index in [-0.39, 0.29) is 0 Å². The summed E-state index contributed by atoms with van der Waals surface area (Å²) in [6.45, 7) is 0. The summed E-state index contributed by atoms with van der Waals surface area (Å²) in [6.07, 6.45) is 1.65. The molecule has 0 N–H and O–H groups in total. The van der Waals surface area contributed by atoms with Crippen LogP contribution >= 0.6 is 15.9 Å². The van der Waals surface area contributed by atoms with E-state index in [0.29, 0.717) is 4.60 Å². The minimum absolute atomic E-state index is 0.706. The molecular weight excluding hydrogens is 370 g/mol. The SMILES string of the molecule is C[S+]([O-])c1cccc2c1cc(Br)n2[S+]([O-])c1ccccc1. The molecule has 1 heterocycles. The summed E-state index contributed by atoms with van der Waals surface area (Å²) in [4.78, 5) is 1.47. The van der Waals surface area contributed by atoms with Crippen LogP contribution in [-0.4, -0.2) is 19.3 Å². The summed E-state index contributed by atoms with van der Waals surface area (Å²) in [5, 5.41) is 0.856. The Morgan fingerprint density at radius 2 is 1.71 bits per heavy atom. The van der Waals surface area contributed by atoms with Crippen LogP contribution in [0.5, 0.6) is 0 Å². The van der Waals surface area contributed by atoms with Crippen LogP contribution < -0.4 is 0 Å². The first kappa shape index (κ1) is 15.0. The second-order valence-corrected chi connectivity index (χ2v) is 7.96. The van der Waals surface area contributed by atoms with Gasteiger partial charge in [-0.2, -0.15) is 3.97 Å². The van der Waals surface area contributed by atoms with Crippen LogP contribution in [0.2, 0.25) is 0 Å². The van der Waals surface area contributed by atoms with Gasteiger partial charge in [-0.25, -0.2) is 0 Å². The maximum Gasteiger partial charge on any atom is 0.180 e. The Morgan fingerprint density at radius 1 is 1.00 bits per heavy atom. The van der Waals surface area contributed by atoms with Crippen LogP contribution in [0.3, 0.4) is 0 Å². The van der Waals surface area contributed by atoms with Gasteiger partial charge in [-0.15, -0.1) is 0 Å². The van der Waals surface area contributed by atoms with Gasteiger partial charge in [-0.05, 0) is 57.4 Å². The lowest BCUT2D eigenvalue weighted by Gasteiger charge is -2.12. The Bertz CT molecular complexity index is 774. The second-order valence-electron chi connectivity index (χ2n) is 4.47. The maximum absolute atomic E-state index is 12.8. The lowest BCUT2D eigenvalue weighted by molar-refractivity contribution is 0.587. The van der Waals surface area contributed by atoms with Crippen molar-refractivity contribution >= 4 is 49.4 Å². The molecule has 6 heteroatoms. The molecule has 0 amide bonds. The molecule has 0 radical (unpaired) electrons. The van der Waals surface area contributed by atoms with Crippen LogP contribution in [0.4, 0.5) is 0 Å². The fraction of sp³-hybridized carbons (Fsp3) is 0.0667. The van der Waals surface area contributed by atoms with E-state index < -0.39 is 22.5 Å². The van der Waals surface area contributed by atoms with Crippen molar-refractivity contribution in [3.63, 3.8) is 0 Å². The van der Waals surface area contributed by atoms with Crippen LogP contribution in [0.25, 0.3) is 10.9 Å². The Morgan fingerprint density at radius 3 is 2.38 bits per heavy atom. The lowest BCUT2D eigenvalue weighted by Crippen LogP contribution is -2.13. The van der Waals surface area contributed by atoms with E-state index in [1.165, 1.54) is 0 Å². The third-order valence-corrected chi connectivity index (χ3v) is 6.33. The predicted octanol–water partition coefficient (Wildman–Crippen LogP) is 3.71. The monoisotopic (exact) mass is 381 g/mol. The van der Waals surface area contributed by atoms with Crippen molar-refractivity contribution in [1.82, 2.24) is 3.97 Å². The number of nitrogens with zero attached hydrogens (tertiary/aromatic N) is 1. The minimum atomic E-state index is -1.35. The zero-order valence-electron chi connectivity index (χ0n) is 11.2. The highest BCUT2D eigenvalue weighted by atomic mass is 79.9. The van der Waals surface area contributed by atoms with Crippen molar-refractivity contribution in [2.45, 2.75) is 9.79 Å². The molecule has 0 spiro atoms. The van der Waals surface area contributed by atoms with Crippen molar-refractivity contribution in [3.8, 4) is 0 Å². The predicted molar refractivity (Wildman–Crippen MR) is 90.2 cm³/mol. The quantitative estimate of drug-likeness (QED) is 0.649. The first-order chi connectivity index (χ1) is 10.1. The van der Waals surface area contributed by atoms with Gasteiger partial charge < -0.3 is 9.11 Å². The molecule has 0 bridgehead atoms. The van der Waals surface area contributed by atoms with Gasteiger partial charge >= 0.3 is 0 Å². The highest BCUT2D eigenvalue weighted by Gasteiger charge is 2.23. The molecule has 3 aromatic rings. The van der Waals surface area contributed by atoms with E-state index in [2.05, 4.69) is 15.9 Å². The molecule has 2 atom stereocenters. The van der Waals surface area contributed by atoms with Crippen LogP contribution in [0.15, 0.2) is 69.0 Å². The summed E-state index contributed by atoms with van der Waals surface area (Å²) in [5.74, 6) is 0. The van der Waals surface area contributed by atoms with Gasteiger partial charge in [0.15, 0.2) is 9.79 Å². The molecule has 1 aromatic heterocycles. The number of hydrogen-bond donors (Lipinski definition) is 0. The molecule has 2 unspecified atom stereocenters. The molecule has 3 rings (SSSR count). The molecule has 0 saturated heterocycles. The van der Waals surface area contributed by atoms with Gasteiger partial charge in [-0.1, -0.05) is 24.3 Å². The first-order valence-electron chi connectivity index (χ1n) is 6.20. The van der Waals surface area contributed by atoms with E-state index in [1.54, 1.807) is 10.2 Å². The minimum Gasteiger partial charge on any atom is -0.612 e. The van der Waals surface area contributed by atoms with Crippen LogP contribution in [0, 0.1) is 0 Å². The average molecular weight is 382 g/mol. The zero-order chi connectivity index (χ0) is 15.0. The van der Waals surface area contributed by atoms with E-state index >= 15 is 0 Å². The smallest absolute Gasteiger partial charge is 0.180 e.